The molecule has 0 aliphatic heterocycles. The third-order valence-corrected chi connectivity index (χ3v) is 3.77. The topological polar surface area (TPSA) is 118 Å². The third-order valence-electron chi connectivity index (χ3n) is 3.44. The van der Waals surface area contributed by atoms with Gasteiger partial charge in [0.2, 0.25) is 0 Å². The van der Waals surface area contributed by atoms with Gasteiger partial charge in [0.25, 0.3) is 5.69 Å². The van der Waals surface area contributed by atoms with E-state index in [1.54, 1.807) is 0 Å². The van der Waals surface area contributed by atoms with Crippen LogP contribution >= 0.6 is 11.6 Å². The Labute approximate surface area is 159 Å². The fraction of sp³-hybridized carbons (Fsp3) is 0.0526. The fourth-order valence-electron chi connectivity index (χ4n) is 2.15. The summed E-state index contributed by atoms with van der Waals surface area (Å²) in [5.74, 6) is -1.24. The van der Waals surface area contributed by atoms with Crippen LogP contribution in [0.4, 0.5) is 5.69 Å². The van der Waals surface area contributed by atoms with E-state index in [0.717, 1.165) is 18.2 Å². The highest BCUT2D eigenvalue weighted by atomic mass is 35.5. The molecule has 0 aliphatic rings. The largest absolute Gasteiger partial charge is 0.508 e. The molecule has 0 amide bonds. The van der Waals surface area contributed by atoms with Crippen LogP contribution in [0.25, 0.3) is 12.2 Å². The predicted octanol–water partition coefficient (Wildman–Crippen LogP) is 3.91. The molecular weight excluding hydrogens is 374 g/mol. The van der Waals surface area contributed by atoms with Crippen molar-refractivity contribution in [1.29, 1.82) is 0 Å². The molecular formula is C19H14ClNO6. The molecule has 0 heterocycles. The molecule has 7 nitrogen and oxygen atoms in total. The number of aromatic hydroxyl groups is 2. The molecule has 0 aromatic heterocycles. The van der Waals surface area contributed by atoms with Gasteiger partial charge in [-0.05, 0) is 60.2 Å². The SMILES string of the molecule is O=C(/C=C/c1ccc(O)cc1Cl)CC(=O)/C=C/c1cc(O)ccc1[N+](=O)[O-]. The quantitative estimate of drug-likeness (QED) is 0.322. The van der Waals surface area contributed by atoms with Crippen molar-refractivity contribution in [2.45, 2.75) is 6.42 Å². The first-order chi connectivity index (χ1) is 12.8. The van der Waals surface area contributed by atoms with Crippen LogP contribution in [0.1, 0.15) is 17.5 Å². The second kappa shape index (κ2) is 8.77. The van der Waals surface area contributed by atoms with Crippen molar-refractivity contribution < 1.29 is 24.7 Å². The molecule has 0 saturated heterocycles. The molecule has 0 atom stereocenters. The van der Waals surface area contributed by atoms with Crippen LogP contribution in [-0.2, 0) is 9.59 Å². The molecule has 2 rings (SSSR count). The molecule has 27 heavy (non-hydrogen) atoms. The van der Waals surface area contributed by atoms with Crippen LogP contribution < -0.4 is 0 Å². The number of allylic oxidation sites excluding steroid dienone is 2. The zero-order chi connectivity index (χ0) is 20.0. The number of hydrogen-bond acceptors (Lipinski definition) is 6. The number of carbonyl (C=O) groups is 2. The lowest BCUT2D eigenvalue weighted by Gasteiger charge is -1.99. The highest BCUT2D eigenvalue weighted by Gasteiger charge is 2.12. The summed E-state index contributed by atoms with van der Waals surface area (Å²) in [5.41, 5.74) is 0.276. The molecule has 0 spiro atoms. The van der Waals surface area contributed by atoms with E-state index in [0.29, 0.717) is 5.56 Å². The highest BCUT2D eigenvalue weighted by Crippen LogP contribution is 2.25. The van der Waals surface area contributed by atoms with Gasteiger partial charge in [-0.2, -0.15) is 0 Å². The predicted molar refractivity (Wildman–Crippen MR) is 101 cm³/mol. The summed E-state index contributed by atoms with van der Waals surface area (Å²) in [4.78, 5) is 34.0. The molecule has 138 valence electrons. The Hall–Kier alpha value is -3.45. The lowest BCUT2D eigenvalue weighted by Crippen LogP contribution is -2.02. The van der Waals surface area contributed by atoms with E-state index in [4.69, 9.17) is 11.6 Å². The Morgan fingerprint density at radius 1 is 0.963 bits per heavy atom. The molecule has 0 radical (unpaired) electrons. The summed E-state index contributed by atoms with van der Waals surface area (Å²) in [6.45, 7) is 0. The first-order valence-electron chi connectivity index (χ1n) is 7.64. The zero-order valence-electron chi connectivity index (χ0n) is 13.8. The Morgan fingerprint density at radius 3 is 2.11 bits per heavy atom. The summed E-state index contributed by atoms with van der Waals surface area (Å²) >= 11 is 5.91. The molecule has 0 fully saturated rings. The van der Waals surface area contributed by atoms with Gasteiger partial charge in [-0.25, -0.2) is 0 Å². The Kier molecular flexibility index (Phi) is 6.46. The molecule has 2 aromatic carbocycles. The van der Waals surface area contributed by atoms with Gasteiger partial charge >= 0.3 is 0 Å². The van der Waals surface area contributed by atoms with E-state index in [1.165, 1.54) is 42.5 Å². The number of nitro groups is 1. The minimum atomic E-state index is -0.640. The van der Waals surface area contributed by atoms with E-state index in [1.807, 2.05) is 0 Å². The van der Waals surface area contributed by atoms with Gasteiger partial charge in [-0.15, -0.1) is 0 Å². The maximum atomic E-state index is 11.9. The maximum absolute atomic E-state index is 11.9. The number of phenols is 2. The van der Waals surface area contributed by atoms with E-state index in [2.05, 4.69) is 0 Å². The number of benzene rings is 2. The average molecular weight is 388 g/mol. The average Bonchev–Trinajstić information content (AvgIpc) is 2.59. The number of carbonyl (C=O) groups excluding carboxylic acids is 2. The number of nitro benzene ring substituents is 1. The monoisotopic (exact) mass is 387 g/mol. The smallest absolute Gasteiger partial charge is 0.276 e. The zero-order valence-corrected chi connectivity index (χ0v) is 14.6. The molecule has 0 aliphatic carbocycles. The van der Waals surface area contributed by atoms with Gasteiger partial charge in [0, 0.05) is 6.07 Å². The van der Waals surface area contributed by atoms with Crippen molar-refractivity contribution in [3.05, 3.63) is 74.8 Å². The van der Waals surface area contributed by atoms with Crippen molar-refractivity contribution in [1.82, 2.24) is 0 Å². The van der Waals surface area contributed by atoms with Crippen molar-refractivity contribution in [3.63, 3.8) is 0 Å². The summed E-state index contributed by atoms with van der Waals surface area (Å²) in [5, 5.41) is 29.9. The minimum Gasteiger partial charge on any atom is -0.508 e. The Bertz CT molecular complexity index is 965. The summed E-state index contributed by atoms with van der Waals surface area (Å²) in [7, 11) is 0. The van der Waals surface area contributed by atoms with Crippen LogP contribution in [0.2, 0.25) is 5.02 Å². The van der Waals surface area contributed by atoms with Crippen LogP contribution in [0.15, 0.2) is 48.6 Å². The molecule has 0 bridgehead atoms. The van der Waals surface area contributed by atoms with E-state index in [9.17, 15) is 29.9 Å². The normalized spacial score (nSPS) is 11.1. The summed E-state index contributed by atoms with van der Waals surface area (Å²) in [6.07, 6.45) is 4.38. The van der Waals surface area contributed by atoms with E-state index >= 15 is 0 Å². The van der Waals surface area contributed by atoms with Crippen LogP contribution in [0.3, 0.4) is 0 Å². The highest BCUT2D eigenvalue weighted by molar-refractivity contribution is 6.32. The number of phenolic OH excluding ortho intramolecular Hbond substituents is 2. The standard InChI is InChI=1S/C19H14ClNO6/c20-18-11-17(25)5-2-12(18)1-4-15(23)10-16(24)6-3-13-9-14(22)7-8-19(13)21(26)27/h1-9,11,22,25H,10H2/b4-1+,6-3+. The second-order valence-electron chi connectivity index (χ2n) is 5.48. The van der Waals surface area contributed by atoms with Crippen molar-refractivity contribution in [2.75, 3.05) is 0 Å². The first-order valence-corrected chi connectivity index (χ1v) is 8.02. The lowest BCUT2D eigenvalue weighted by molar-refractivity contribution is -0.385. The van der Waals surface area contributed by atoms with Gasteiger partial charge < -0.3 is 10.2 Å². The summed E-state index contributed by atoms with van der Waals surface area (Å²) in [6, 6.07) is 7.68. The van der Waals surface area contributed by atoms with E-state index < -0.39 is 22.9 Å². The molecule has 0 unspecified atom stereocenters. The molecule has 2 N–H and O–H groups in total. The number of rotatable bonds is 7. The minimum absolute atomic E-state index is 0.00941. The van der Waals surface area contributed by atoms with Crippen molar-refractivity contribution >= 4 is 41.0 Å². The van der Waals surface area contributed by atoms with Crippen molar-refractivity contribution in [2.24, 2.45) is 0 Å². The third kappa shape index (κ3) is 5.79. The Balaban J connectivity index is 2.04. The molecule has 0 saturated carbocycles. The number of hydrogen-bond donors (Lipinski definition) is 2. The molecule has 2 aromatic rings. The second-order valence-corrected chi connectivity index (χ2v) is 5.89. The summed E-state index contributed by atoms with van der Waals surface area (Å²) < 4.78 is 0. The Morgan fingerprint density at radius 2 is 1.52 bits per heavy atom. The maximum Gasteiger partial charge on any atom is 0.276 e. The van der Waals surface area contributed by atoms with Gasteiger partial charge in [0.1, 0.15) is 11.5 Å². The van der Waals surface area contributed by atoms with Gasteiger partial charge in [0.15, 0.2) is 11.6 Å². The van der Waals surface area contributed by atoms with Gasteiger partial charge in [-0.3, -0.25) is 19.7 Å². The van der Waals surface area contributed by atoms with Crippen molar-refractivity contribution in [3.8, 4) is 11.5 Å². The number of ketones is 2. The van der Waals surface area contributed by atoms with Crippen LogP contribution in [-0.4, -0.2) is 26.7 Å². The van der Waals surface area contributed by atoms with Gasteiger partial charge in [-0.1, -0.05) is 11.6 Å². The fourth-order valence-corrected chi connectivity index (χ4v) is 2.39. The lowest BCUT2D eigenvalue weighted by atomic mass is 10.1. The number of halogens is 1. The van der Waals surface area contributed by atoms with Gasteiger partial charge in [0.05, 0.1) is 21.9 Å². The molecule has 8 heteroatoms. The van der Waals surface area contributed by atoms with Crippen LogP contribution in [0.5, 0.6) is 11.5 Å². The van der Waals surface area contributed by atoms with E-state index in [-0.39, 0.29) is 27.8 Å². The van der Waals surface area contributed by atoms with Crippen LogP contribution in [0, 0.1) is 10.1 Å². The first kappa shape index (κ1) is 19.9. The number of nitrogens with zero attached hydrogens (tertiary/aromatic N) is 1.